The van der Waals surface area contributed by atoms with E-state index >= 15 is 0 Å². The first kappa shape index (κ1) is 7.33. The van der Waals surface area contributed by atoms with Crippen molar-refractivity contribution in [1.29, 1.82) is 0 Å². The highest BCUT2D eigenvalue weighted by Gasteiger charge is 2.72. The number of hydrogen-bond acceptors (Lipinski definition) is 1. The second kappa shape index (κ2) is 1.70. The average Bonchev–Trinajstić information content (AvgIpc) is 2.47. The number of hydrogen-bond donors (Lipinski definition) is 0. The van der Waals surface area contributed by atoms with Crippen LogP contribution in [0.5, 0.6) is 0 Å². The molecule has 1 nitrogen and oxygen atoms in total. The molecule has 0 aromatic rings. The minimum atomic E-state index is 0.0984. The number of carbonyl (C=O) groups is 1. The predicted molar refractivity (Wildman–Crippen MR) is 44.2 cm³/mol. The van der Waals surface area contributed by atoms with Gasteiger partial charge >= 0.3 is 0 Å². The van der Waals surface area contributed by atoms with Crippen LogP contribution in [0.1, 0.15) is 40.0 Å². The maximum atomic E-state index is 11.4. The van der Waals surface area contributed by atoms with Crippen LogP contribution in [-0.4, -0.2) is 5.78 Å². The topological polar surface area (TPSA) is 17.1 Å². The lowest BCUT2D eigenvalue weighted by Crippen LogP contribution is -2.15. The minimum absolute atomic E-state index is 0.0984. The quantitative estimate of drug-likeness (QED) is 0.564. The van der Waals surface area contributed by atoms with Gasteiger partial charge in [-0.3, -0.25) is 4.79 Å². The van der Waals surface area contributed by atoms with Gasteiger partial charge in [0.2, 0.25) is 0 Å². The summed E-state index contributed by atoms with van der Waals surface area (Å²) in [5.74, 6) is 1.21. The zero-order valence-electron chi connectivity index (χ0n) is 7.61. The molecule has 0 bridgehead atoms. The Hall–Kier alpha value is -0.330. The van der Waals surface area contributed by atoms with Crippen LogP contribution in [-0.2, 0) is 4.79 Å². The highest BCUT2D eigenvalue weighted by molar-refractivity contribution is 5.91. The standard InChI is InChI=1S/C10H16O/c1-7(2)10-5-4-8(11)9(10,3)6-10/h7H,4-6H2,1-3H3. The minimum Gasteiger partial charge on any atom is -0.299 e. The summed E-state index contributed by atoms with van der Waals surface area (Å²) in [5, 5.41) is 0. The fourth-order valence-electron chi connectivity index (χ4n) is 3.07. The van der Waals surface area contributed by atoms with Gasteiger partial charge in [-0.05, 0) is 24.2 Å². The number of Topliss-reactive ketones (excluding diaryl/α,β-unsaturated/α-hetero) is 1. The van der Waals surface area contributed by atoms with Crippen molar-refractivity contribution >= 4 is 5.78 Å². The molecule has 1 heteroatoms. The van der Waals surface area contributed by atoms with E-state index in [0.29, 0.717) is 17.1 Å². The Morgan fingerprint density at radius 2 is 2.09 bits per heavy atom. The second-order valence-electron chi connectivity index (χ2n) is 4.74. The highest BCUT2D eigenvalue weighted by atomic mass is 16.1. The second-order valence-corrected chi connectivity index (χ2v) is 4.74. The summed E-state index contributed by atoms with van der Waals surface area (Å²) < 4.78 is 0. The Morgan fingerprint density at radius 3 is 2.27 bits per heavy atom. The van der Waals surface area contributed by atoms with E-state index in [-0.39, 0.29) is 5.41 Å². The third kappa shape index (κ3) is 0.605. The van der Waals surface area contributed by atoms with E-state index in [1.165, 1.54) is 0 Å². The van der Waals surface area contributed by atoms with Gasteiger partial charge in [0.25, 0.3) is 0 Å². The fraction of sp³-hybridized carbons (Fsp3) is 0.900. The van der Waals surface area contributed by atoms with Crippen LogP contribution in [0.3, 0.4) is 0 Å². The van der Waals surface area contributed by atoms with E-state index < -0.39 is 0 Å². The molecule has 2 saturated carbocycles. The summed E-state index contributed by atoms with van der Waals surface area (Å²) >= 11 is 0. The summed E-state index contributed by atoms with van der Waals surface area (Å²) in [5.41, 5.74) is 0.519. The van der Waals surface area contributed by atoms with Crippen LogP contribution in [0.2, 0.25) is 0 Å². The van der Waals surface area contributed by atoms with E-state index in [9.17, 15) is 4.79 Å². The van der Waals surface area contributed by atoms with Crippen LogP contribution >= 0.6 is 0 Å². The van der Waals surface area contributed by atoms with Crippen molar-refractivity contribution in [2.45, 2.75) is 40.0 Å². The molecule has 2 aliphatic carbocycles. The third-order valence-corrected chi connectivity index (χ3v) is 4.16. The molecule has 2 unspecified atom stereocenters. The van der Waals surface area contributed by atoms with Crippen LogP contribution in [0, 0.1) is 16.7 Å². The van der Waals surface area contributed by atoms with Gasteiger partial charge in [0, 0.05) is 11.8 Å². The van der Waals surface area contributed by atoms with Crippen LogP contribution < -0.4 is 0 Å². The Bertz CT molecular complexity index is 215. The number of fused-ring (bicyclic) bond motifs is 1. The molecule has 11 heavy (non-hydrogen) atoms. The van der Waals surface area contributed by atoms with E-state index in [0.717, 1.165) is 19.3 Å². The molecular weight excluding hydrogens is 136 g/mol. The van der Waals surface area contributed by atoms with Crippen molar-refractivity contribution in [2.75, 3.05) is 0 Å². The van der Waals surface area contributed by atoms with Crippen LogP contribution in [0.25, 0.3) is 0 Å². The normalized spacial score (nSPS) is 48.2. The lowest BCUT2D eigenvalue weighted by atomic mass is 9.86. The van der Waals surface area contributed by atoms with Gasteiger partial charge in [-0.15, -0.1) is 0 Å². The van der Waals surface area contributed by atoms with Gasteiger partial charge in [-0.2, -0.15) is 0 Å². The first-order valence-corrected chi connectivity index (χ1v) is 4.56. The van der Waals surface area contributed by atoms with Crippen LogP contribution in [0.15, 0.2) is 0 Å². The zero-order chi connectivity index (χ0) is 8.28. The van der Waals surface area contributed by atoms with Gasteiger partial charge in [0.1, 0.15) is 5.78 Å². The van der Waals surface area contributed by atoms with Crippen molar-refractivity contribution in [3.05, 3.63) is 0 Å². The lowest BCUT2D eigenvalue weighted by Gasteiger charge is -2.17. The summed E-state index contributed by atoms with van der Waals surface area (Å²) in [6, 6.07) is 0. The van der Waals surface area contributed by atoms with Crippen LogP contribution in [0.4, 0.5) is 0 Å². The first-order valence-electron chi connectivity index (χ1n) is 4.56. The summed E-state index contributed by atoms with van der Waals surface area (Å²) in [4.78, 5) is 11.4. The molecular formula is C10H16O. The molecule has 2 fully saturated rings. The Morgan fingerprint density at radius 1 is 1.45 bits per heavy atom. The molecule has 2 rings (SSSR count). The monoisotopic (exact) mass is 152 g/mol. The zero-order valence-corrected chi connectivity index (χ0v) is 7.61. The molecule has 0 aromatic heterocycles. The van der Waals surface area contributed by atoms with Gasteiger partial charge in [-0.25, -0.2) is 0 Å². The third-order valence-electron chi connectivity index (χ3n) is 4.16. The van der Waals surface area contributed by atoms with E-state index in [1.54, 1.807) is 0 Å². The molecule has 2 aliphatic rings. The Labute approximate surface area is 68.2 Å². The highest BCUT2D eigenvalue weighted by Crippen LogP contribution is 2.74. The van der Waals surface area contributed by atoms with E-state index in [4.69, 9.17) is 0 Å². The van der Waals surface area contributed by atoms with Crippen molar-refractivity contribution in [2.24, 2.45) is 16.7 Å². The summed E-state index contributed by atoms with van der Waals surface area (Å²) in [6.07, 6.45) is 3.16. The molecule has 0 aliphatic heterocycles. The SMILES string of the molecule is CC(C)C12CCC(=O)C1(C)C2. The van der Waals surface area contributed by atoms with Gasteiger partial charge in [0.05, 0.1) is 0 Å². The van der Waals surface area contributed by atoms with Crippen molar-refractivity contribution in [3.8, 4) is 0 Å². The van der Waals surface area contributed by atoms with Gasteiger partial charge in [-0.1, -0.05) is 20.8 Å². The van der Waals surface area contributed by atoms with Crippen molar-refractivity contribution < 1.29 is 4.79 Å². The average molecular weight is 152 g/mol. The number of ketones is 1. The number of carbonyl (C=O) groups excluding carboxylic acids is 1. The van der Waals surface area contributed by atoms with Gasteiger partial charge in [0.15, 0.2) is 0 Å². The molecule has 0 spiro atoms. The lowest BCUT2D eigenvalue weighted by molar-refractivity contribution is -0.122. The number of rotatable bonds is 1. The molecule has 2 atom stereocenters. The largest absolute Gasteiger partial charge is 0.299 e. The van der Waals surface area contributed by atoms with Crippen molar-refractivity contribution in [1.82, 2.24) is 0 Å². The predicted octanol–water partition coefficient (Wildman–Crippen LogP) is 2.40. The first-order chi connectivity index (χ1) is 5.03. The Kier molecular flexibility index (Phi) is 1.13. The molecule has 62 valence electrons. The molecule has 0 heterocycles. The maximum absolute atomic E-state index is 11.4. The summed E-state index contributed by atoms with van der Waals surface area (Å²) in [7, 11) is 0. The molecule has 0 amide bonds. The molecule has 0 aromatic carbocycles. The van der Waals surface area contributed by atoms with E-state index in [1.807, 2.05) is 0 Å². The van der Waals surface area contributed by atoms with E-state index in [2.05, 4.69) is 20.8 Å². The van der Waals surface area contributed by atoms with Crippen molar-refractivity contribution in [3.63, 3.8) is 0 Å². The molecule has 0 N–H and O–H groups in total. The Balaban J connectivity index is 2.30. The van der Waals surface area contributed by atoms with Gasteiger partial charge < -0.3 is 0 Å². The molecule has 0 radical (unpaired) electrons. The fourth-order valence-corrected chi connectivity index (χ4v) is 3.07. The smallest absolute Gasteiger partial charge is 0.139 e. The molecule has 0 saturated heterocycles. The summed E-state index contributed by atoms with van der Waals surface area (Å²) in [6.45, 7) is 6.66. The maximum Gasteiger partial charge on any atom is 0.139 e.